The first-order chi connectivity index (χ1) is 19.7. The summed E-state index contributed by atoms with van der Waals surface area (Å²) in [4.78, 5) is 35.1. The van der Waals surface area contributed by atoms with E-state index in [1.807, 2.05) is 52.0 Å². The summed E-state index contributed by atoms with van der Waals surface area (Å²) in [6.45, 7) is 8.39. The Morgan fingerprint density at radius 1 is 1.05 bits per heavy atom. The highest BCUT2D eigenvalue weighted by molar-refractivity contribution is 7.92. The van der Waals surface area contributed by atoms with Gasteiger partial charge in [0.05, 0.1) is 49.1 Å². The Hall–Kier alpha value is -4.51. The van der Waals surface area contributed by atoms with E-state index in [1.165, 1.54) is 7.11 Å². The van der Waals surface area contributed by atoms with Gasteiger partial charge in [-0.3, -0.25) is 24.3 Å². The van der Waals surface area contributed by atoms with Gasteiger partial charge in [0.2, 0.25) is 15.9 Å². The number of methoxy groups -OCH3 is 1. The molecule has 220 valence electrons. The molecule has 1 aliphatic rings. The average molecular weight is 590 g/mol. The topological polar surface area (TPSA) is 139 Å². The molecule has 10 nitrogen and oxygen atoms in total. The fourth-order valence-corrected chi connectivity index (χ4v) is 4.97. The van der Waals surface area contributed by atoms with E-state index >= 15 is 0 Å². The van der Waals surface area contributed by atoms with Crippen LogP contribution in [-0.4, -0.2) is 50.8 Å². The number of amides is 2. The standard InChI is InChI=1S/C31H35N5O5S/c1-19-10-11-22(16-24(19)26-13-20(17-33-26)29(37)34-18-23-9-7-8-12-32-23)35-30(38)25-14-21(31(2,3)4)15-27(28(25)41-5)36-42(6,39)40/h7-16,36H,17-18H2,1-6H3,(H,34,37)(H,35,38). The largest absolute Gasteiger partial charge is 0.494 e. The predicted octanol–water partition coefficient (Wildman–Crippen LogP) is 4.37. The highest BCUT2D eigenvalue weighted by Crippen LogP contribution is 2.36. The monoisotopic (exact) mass is 589 g/mol. The van der Waals surface area contributed by atoms with Crippen molar-refractivity contribution < 1.29 is 22.7 Å². The third-order valence-corrected chi connectivity index (χ3v) is 7.24. The van der Waals surface area contributed by atoms with Crippen molar-refractivity contribution in [2.24, 2.45) is 4.99 Å². The van der Waals surface area contributed by atoms with Crippen molar-refractivity contribution in [1.29, 1.82) is 0 Å². The lowest BCUT2D eigenvalue weighted by molar-refractivity contribution is -0.117. The van der Waals surface area contributed by atoms with Crippen molar-refractivity contribution in [3.63, 3.8) is 0 Å². The molecule has 2 heterocycles. The van der Waals surface area contributed by atoms with E-state index in [4.69, 9.17) is 4.74 Å². The minimum Gasteiger partial charge on any atom is -0.494 e. The van der Waals surface area contributed by atoms with Crippen LogP contribution in [0.3, 0.4) is 0 Å². The molecule has 2 amide bonds. The number of carbonyl (C=O) groups excluding carboxylic acids is 2. The smallest absolute Gasteiger partial charge is 0.259 e. The number of rotatable bonds is 9. The second-order valence-corrected chi connectivity index (χ2v) is 12.8. The lowest BCUT2D eigenvalue weighted by Gasteiger charge is -2.23. The molecule has 3 N–H and O–H groups in total. The van der Waals surface area contributed by atoms with Crippen LogP contribution in [0.4, 0.5) is 11.4 Å². The molecule has 1 aromatic heterocycles. The molecule has 4 rings (SSSR count). The van der Waals surface area contributed by atoms with E-state index in [1.54, 1.807) is 36.5 Å². The molecule has 3 aromatic rings. The summed E-state index contributed by atoms with van der Waals surface area (Å²) < 4.78 is 32.1. The highest BCUT2D eigenvalue weighted by atomic mass is 32.2. The summed E-state index contributed by atoms with van der Waals surface area (Å²) in [5.41, 5.74) is 4.87. The summed E-state index contributed by atoms with van der Waals surface area (Å²) >= 11 is 0. The van der Waals surface area contributed by atoms with Crippen molar-refractivity contribution in [2.75, 3.05) is 29.9 Å². The second kappa shape index (κ2) is 12.2. The van der Waals surface area contributed by atoms with Gasteiger partial charge < -0.3 is 15.4 Å². The van der Waals surface area contributed by atoms with E-state index < -0.39 is 15.9 Å². The number of aryl methyl sites for hydroxylation is 1. The van der Waals surface area contributed by atoms with Crippen LogP contribution < -0.4 is 20.1 Å². The molecule has 0 atom stereocenters. The second-order valence-electron chi connectivity index (χ2n) is 11.1. The van der Waals surface area contributed by atoms with Crippen LogP contribution in [0.15, 0.2) is 71.4 Å². The van der Waals surface area contributed by atoms with Gasteiger partial charge in [-0.25, -0.2) is 8.42 Å². The van der Waals surface area contributed by atoms with Crippen molar-refractivity contribution in [1.82, 2.24) is 10.3 Å². The van der Waals surface area contributed by atoms with E-state index in [9.17, 15) is 18.0 Å². The Balaban J connectivity index is 1.58. The van der Waals surface area contributed by atoms with Gasteiger partial charge in [-0.05, 0) is 65.9 Å². The summed E-state index contributed by atoms with van der Waals surface area (Å²) in [7, 11) is -2.25. The van der Waals surface area contributed by atoms with Crippen LogP contribution in [0.2, 0.25) is 0 Å². The number of hydrogen-bond acceptors (Lipinski definition) is 7. The Morgan fingerprint density at radius 3 is 2.45 bits per heavy atom. The van der Waals surface area contributed by atoms with Crippen LogP contribution in [0, 0.1) is 6.92 Å². The van der Waals surface area contributed by atoms with Gasteiger partial charge in [-0.15, -0.1) is 0 Å². The normalized spacial score (nSPS) is 13.2. The van der Waals surface area contributed by atoms with E-state index in [-0.39, 0.29) is 34.9 Å². The van der Waals surface area contributed by atoms with Crippen molar-refractivity contribution in [3.8, 4) is 5.75 Å². The molecule has 0 fully saturated rings. The van der Waals surface area contributed by atoms with Crippen molar-refractivity contribution >= 4 is 38.9 Å². The maximum Gasteiger partial charge on any atom is 0.259 e. The molecule has 0 unspecified atom stereocenters. The van der Waals surface area contributed by atoms with Crippen molar-refractivity contribution in [2.45, 2.75) is 39.7 Å². The Morgan fingerprint density at radius 2 is 1.81 bits per heavy atom. The number of aliphatic imine (C=N–C) groups is 1. The summed E-state index contributed by atoms with van der Waals surface area (Å²) in [5.74, 6) is -0.573. The zero-order chi connectivity index (χ0) is 30.7. The quantitative estimate of drug-likeness (QED) is 0.339. The van der Waals surface area contributed by atoms with Crippen LogP contribution in [0.1, 0.15) is 53.5 Å². The van der Waals surface area contributed by atoms with Gasteiger partial charge in [0.25, 0.3) is 5.91 Å². The molecule has 42 heavy (non-hydrogen) atoms. The number of allylic oxidation sites excluding steroid dienone is 1. The van der Waals surface area contributed by atoms with Crippen LogP contribution in [0.5, 0.6) is 5.75 Å². The van der Waals surface area contributed by atoms with Gasteiger partial charge in [-0.2, -0.15) is 0 Å². The van der Waals surface area contributed by atoms with E-state index in [2.05, 4.69) is 25.3 Å². The number of nitrogens with one attached hydrogen (secondary N) is 3. The number of hydrogen-bond donors (Lipinski definition) is 3. The fraction of sp³-hybridized carbons (Fsp3) is 0.290. The molecule has 0 bridgehead atoms. The molecule has 11 heteroatoms. The molecule has 2 aromatic carbocycles. The molecule has 0 saturated heterocycles. The summed E-state index contributed by atoms with van der Waals surface area (Å²) in [6.07, 6.45) is 4.47. The first-order valence-corrected chi connectivity index (χ1v) is 15.2. The van der Waals surface area contributed by atoms with E-state index in [0.29, 0.717) is 23.5 Å². The molecule has 1 aliphatic heterocycles. The third-order valence-electron chi connectivity index (χ3n) is 6.65. The van der Waals surface area contributed by atoms with Crippen LogP contribution in [-0.2, 0) is 26.8 Å². The Labute approximate surface area is 246 Å². The molecule has 0 radical (unpaired) electrons. The SMILES string of the molecule is COc1c(NS(C)(=O)=O)cc(C(C)(C)C)cc1C(=O)Nc1ccc(C)c(C2=NCC(C(=O)NCc3ccccn3)=C2)c1. The van der Waals surface area contributed by atoms with Crippen LogP contribution in [0.25, 0.3) is 0 Å². The van der Waals surface area contributed by atoms with Gasteiger partial charge in [0.1, 0.15) is 0 Å². The van der Waals surface area contributed by atoms with Crippen molar-refractivity contribution in [3.05, 3.63) is 94.3 Å². The zero-order valence-electron chi connectivity index (χ0n) is 24.5. The number of sulfonamides is 1. The fourth-order valence-electron chi connectivity index (χ4n) is 4.41. The number of benzene rings is 2. The highest BCUT2D eigenvalue weighted by Gasteiger charge is 2.25. The maximum atomic E-state index is 13.6. The Kier molecular flexibility index (Phi) is 8.81. The Bertz CT molecular complexity index is 1690. The lowest BCUT2D eigenvalue weighted by Crippen LogP contribution is -2.25. The van der Waals surface area contributed by atoms with E-state index in [0.717, 1.165) is 28.6 Å². The number of aromatic nitrogens is 1. The summed E-state index contributed by atoms with van der Waals surface area (Å²) in [6, 6.07) is 14.3. The lowest BCUT2D eigenvalue weighted by atomic mass is 9.85. The number of pyridine rings is 1. The first kappa shape index (κ1) is 30.4. The van der Waals surface area contributed by atoms with Gasteiger partial charge >= 0.3 is 0 Å². The van der Waals surface area contributed by atoms with Gasteiger partial charge in [0.15, 0.2) is 5.75 Å². The predicted molar refractivity (Wildman–Crippen MR) is 165 cm³/mol. The number of carbonyl (C=O) groups is 2. The maximum absolute atomic E-state index is 13.6. The average Bonchev–Trinajstić information content (AvgIpc) is 3.42. The summed E-state index contributed by atoms with van der Waals surface area (Å²) in [5, 5.41) is 5.78. The molecule has 0 spiro atoms. The van der Waals surface area contributed by atoms with Gasteiger partial charge in [-0.1, -0.05) is 32.9 Å². The molecule has 0 saturated carbocycles. The minimum atomic E-state index is -3.63. The minimum absolute atomic E-state index is 0.114. The number of ether oxygens (including phenoxy) is 1. The number of nitrogens with zero attached hydrogens (tertiary/aromatic N) is 2. The van der Waals surface area contributed by atoms with Gasteiger partial charge in [0, 0.05) is 23.0 Å². The molecular weight excluding hydrogens is 554 g/mol. The number of anilines is 2. The third kappa shape index (κ3) is 7.41. The first-order valence-electron chi connectivity index (χ1n) is 13.3. The molecule has 0 aliphatic carbocycles. The zero-order valence-corrected chi connectivity index (χ0v) is 25.3. The van der Waals surface area contributed by atoms with Crippen LogP contribution >= 0.6 is 0 Å². The molecular formula is C31H35N5O5S.